The average molecular weight is 701 g/mol. The summed E-state index contributed by atoms with van der Waals surface area (Å²) in [4.78, 5) is 39.8. The van der Waals surface area contributed by atoms with Gasteiger partial charge in [-0.2, -0.15) is 0 Å². The molecule has 0 unspecified atom stereocenters. The number of nitrogens with zero attached hydrogens (tertiary/aromatic N) is 1. The molecule has 0 spiro atoms. The summed E-state index contributed by atoms with van der Waals surface area (Å²) in [6.07, 6.45) is 20.7. The highest BCUT2D eigenvalue weighted by Gasteiger charge is 2.20. The molecule has 2 N–H and O–H groups in total. The van der Waals surface area contributed by atoms with Crippen LogP contribution in [0.4, 0.5) is 5.69 Å². The van der Waals surface area contributed by atoms with Gasteiger partial charge in [-0.25, -0.2) is 0 Å². The summed E-state index contributed by atoms with van der Waals surface area (Å²) >= 11 is 0. The van der Waals surface area contributed by atoms with Crippen molar-refractivity contribution in [3.8, 4) is 5.75 Å². The Balaban J connectivity index is 1.46. The second kappa shape index (κ2) is 25.6. The number of anilines is 1. The van der Waals surface area contributed by atoms with Crippen molar-refractivity contribution in [1.29, 1.82) is 0 Å². The fourth-order valence-corrected chi connectivity index (χ4v) is 5.95. The van der Waals surface area contributed by atoms with Crippen molar-refractivity contribution in [3.63, 3.8) is 0 Å². The van der Waals surface area contributed by atoms with Crippen molar-refractivity contribution in [1.82, 2.24) is 0 Å². The van der Waals surface area contributed by atoms with Gasteiger partial charge < -0.3 is 24.8 Å². The van der Waals surface area contributed by atoms with Gasteiger partial charge in [0.05, 0.1) is 6.61 Å². The van der Waals surface area contributed by atoms with Crippen molar-refractivity contribution in [2.45, 2.75) is 123 Å². The van der Waals surface area contributed by atoms with Gasteiger partial charge in [-0.3, -0.25) is 14.4 Å². The fraction of sp³-hybridized carbons (Fsp3) is 0.512. The van der Waals surface area contributed by atoms with Crippen LogP contribution in [0.5, 0.6) is 5.75 Å². The van der Waals surface area contributed by atoms with E-state index in [0.717, 1.165) is 30.4 Å². The van der Waals surface area contributed by atoms with Gasteiger partial charge in [0.25, 0.3) is 0 Å². The smallest absolute Gasteiger partial charge is 0.325 e. The lowest BCUT2D eigenvalue weighted by molar-refractivity contribution is -0.144. The van der Waals surface area contributed by atoms with E-state index in [9.17, 15) is 14.4 Å². The first-order valence-electron chi connectivity index (χ1n) is 19.2. The molecule has 0 fully saturated rings. The highest BCUT2D eigenvalue weighted by Crippen LogP contribution is 2.25. The molecule has 3 rings (SSSR count). The summed E-state index contributed by atoms with van der Waals surface area (Å²) in [5, 5.41) is 0. The van der Waals surface area contributed by atoms with Crippen LogP contribution in [-0.4, -0.2) is 37.5 Å². The molecule has 0 saturated carbocycles. The molecule has 278 valence electrons. The summed E-state index contributed by atoms with van der Waals surface area (Å²) in [5.74, 6) is -1.26. The maximum Gasteiger partial charge on any atom is 0.325 e. The molecule has 0 aliphatic carbocycles. The number of unbranched alkanes of at least 4 members (excludes halogenated alkanes) is 15. The van der Waals surface area contributed by atoms with Gasteiger partial charge in [0.15, 0.2) is 0 Å². The number of ether oxygens (including phenoxy) is 3. The average Bonchev–Trinajstić information content (AvgIpc) is 3.15. The maximum atomic E-state index is 13.0. The van der Waals surface area contributed by atoms with E-state index in [1.165, 1.54) is 88.4 Å². The molecular formula is C43H60N2O6. The topological polar surface area (TPSA) is 108 Å². The Labute approximate surface area is 306 Å². The third-order valence-electron chi connectivity index (χ3n) is 8.93. The Kier molecular flexibility index (Phi) is 20.6. The van der Waals surface area contributed by atoms with Gasteiger partial charge in [0.1, 0.15) is 32.1 Å². The molecule has 3 aromatic carbocycles. The number of primary amides is 1. The first kappa shape index (κ1) is 41.1. The highest BCUT2D eigenvalue weighted by atomic mass is 16.5. The Bertz CT molecular complexity index is 1340. The predicted octanol–water partition coefficient (Wildman–Crippen LogP) is 9.72. The third-order valence-corrected chi connectivity index (χ3v) is 8.93. The standard InChI is InChI=1S/C43H60N2O6/c1-2-3-4-5-6-7-8-9-10-11-12-13-14-15-16-23-28-49-40-30-38(43(44)48)29-39(31-40)45(32-41(46)50-34-36-24-19-17-20-25-36)33-42(47)51-35-37-26-21-18-22-27-37/h17-22,24-27,29-31H,2-16,23,28,32-35H2,1H3,(H2,44,48). The number of amides is 1. The summed E-state index contributed by atoms with van der Waals surface area (Å²) in [7, 11) is 0. The first-order valence-corrected chi connectivity index (χ1v) is 19.2. The summed E-state index contributed by atoms with van der Waals surface area (Å²) in [6, 6.07) is 23.6. The molecule has 0 aliphatic rings. The molecule has 8 nitrogen and oxygen atoms in total. The van der Waals surface area contributed by atoms with Crippen molar-refractivity contribution in [3.05, 3.63) is 95.6 Å². The summed E-state index contributed by atoms with van der Waals surface area (Å²) in [5.41, 5.74) is 8.02. The van der Waals surface area contributed by atoms with E-state index in [0.29, 0.717) is 18.0 Å². The lowest BCUT2D eigenvalue weighted by Crippen LogP contribution is -2.36. The van der Waals surface area contributed by atoms with Gasteiger partial charge in [0.2, 0.25) is 5.91 Å². The molecule has 0 saturated heterocycles. The Morgan fingerprint density at radius 2 is 1.00 bits per heavy atom. The summed E-state index contributed by atoms with van der Waals surface area (Å²) in [6.45, 7) is 2.46. The van der Waals surface area contributed by atoms with Gasteiger partial charge >= 0.3 is 11.9 Å². The van der Waals surface area contributed by atoms with E-state index in [1.807, 2.05) is 60.7 Å². The van der Waals surface area contributed by atoms with Crippen LogP contribution < -0.4 is 15.4 Å². The minimum Gasteiger partial charge on any atom is -0.493 e. The van der Waals surface area contributed by atoms with E-state index in [4.69, 9.17) is 19.9 Å². The van der Waals surface area contributed by atoms with Gasteiger partial charge in [0, 0.05) is 17.3 Å². The Hall–Kier alpha value is -4.33. The lowest BCUT2D eigenvalue weighted by Gasteiger charge is -2.24. The Morgan fingerprint density at radius 1 is 0.569 bits per heavy atom. The minimum absolute atomic E-state index is 0.0982. The third kappa shape index (κ3) is 18.5. The number of esters is 2. The largest absolute Gasteiger partial charge is 0.493 e. The SMILES string of the molecule is CCCCCCCCCCCCCCCCCCOc1cc(C(N)=O)cc(N(CC(=O)OCc2ccccc2)CC(=O)OCc2ccccc2)c1. The monoisotopic (exact) mass is 700 g/mol. The minimum atomic E-state index is -0.637. The molecule has 8 heteroatoms. The highest BCUT2D eigenvalue weighted by molar-refractivity contribution is 5.95. The van der Waals surface area contributed by atoms with Crippen molar-refractivity contribution >= 4 is 23.5 Å². The molecule has 0 radical (unpaired) electrons. The Morgan fingerprint density at radius 3 is 1.43 bits per heavy atom. The van der Waals surface area contributed by atoms with Crippen LogP contribution in [0.1, 0.15) is 131 Å². The molecule has 0 aliphatic heterocycles. The van der Waals surface area contributed by atoms with E-state index in [1.54, 1.807) is 18.2 Å². The zero-order chi connectivity index (χ0) is 36.4. The number of rotatable bonds is 28. The number of carbonyl (C=O) groups is 3. The molecule has 3 aromatic rings. The molecule has 51 heavy (non-hydrogen) atoms. The van der Waals surface area contributed by atoms with Crippen molar-refractivity contribution in [2.75, 3.05) is 24.6 Å². The van der Waals surface area contributed by atoms with E-state index >= 15 is 0 Å². The number of carbonyl (C=O) groups excluding carboxylic acids is 3. The predicted molar refractivity (Wildman–Crippen MR) is 205 cm³/mol. The molecule has 0 aromatic heterocycles. The second-order valence-electron chi connectivity index (χ2n) is 13.4. The van der Waals surface area contributed by atoms with E-state index in [-0.39, 0.29) is 31.9 Å². The van der Waals surface area contributed by atoms with Crippen LogP contribution in [0, 0.1) is 0 Å². The van der Waals surface area contributed by atoms with Crippen LogP contribution in [0.15, 0.2) is 78.9 Å². The molecule has 0 heterocycles. The summed E-state index contributed by atoms with van der Waals surface area (Å²) < 4.78 is 17.1. The number of hydrogen-bond donors (Lipinski definition) is 1. The van der Waals surface area contributed by atoms with Crippen LogP contribution in [-0.2, 0) is 32.3 Å². The van der Waals surface area contributed by atoms with Crippen LogP contribution in [0.3, 0.4) is 0 Å². The number of hydrogen-bond acceptors (Lipinski definition) is 7. The van der Waals surface area contributed by atoms with Gasteiger partial charge in [-0.15, -0.1) is 0 Å². The number of benzene rings is 3. The zero-order valence-electron chi connectivity index (χ0n) is 30.8. The van der Waals surface area contributed by atoms with Crippen molar-refractivity contribution in [2.24, 2.45) is 5.73 Å². The van der Waals surface area contributed by atoms with Crippen LogP contribution in [0.2, 0.25) is 0 Å². The van der Waals surface area contributed by atoms with Crippen LogP contribution >= 0.6 is 0 Å². The molecule has 0 atom stereocenters. The molecule has 1 amide bonds. The van der Waals surface area contributed by atoms with E-state index < -0.39 is 17.8 Å². The van der Waals surface area contributed by atoms with E-state index in [2.05, 4.69) is 6.92 Å². The van der Waals surface area contributed by atoms with Gasteiger partial charge in [-0.05, 0) is 29.7 Å². The molecule has 0 bridgehead atoms. The lowest BCUT2D eigenvalue weighted by atomic mass is 10.0. The quantitative estimate of drug-likeness (QED) is 0.0594. The number of nitrogens with two attached hydrogens (primary N) is 1. The normalized spacial score (nSPS) is 10.8. The maximum absolute atomic E-state index is 13.0. The van der Waals surface area contributed by atoms with Crippen LogP contribution in [0.25, 0.3) is 0 Å². The van der Waals surface area contributed by atoms with Crippen molar-refractivity contribution < 1.29 is 28.6 Å². The second-order valence-corrected chi connectivity index (χ2v) is 13.4. The fourth-order valence-electron chi connectivity index (χ4n) is 5.95. The first-order chi connectivity index (χ1) is 24.9. The van der Waals surface area contributed by atoms with Gasteiger partial charge in [-0.1, -0.05) is 164 Å². The molecular weight excluding hydrogens is 640 g/mol. The zero-order valence-corrected chi connectivity index (χ0v) is 30.8.